The first-order valence-electron chi connectivity index (χ1n) is 9.40. The van der Waals surface area contributed by atoms with Crippen LogP contribution in [0.2, 0.25) is 0 Å². The van der Waals surface area contributed by atoms with E-state index in [0.29, 0.717) is 17.7 Å². The molecule has 7 heteroatoms. The lowest BCUT2D eigenvalue weighted by atomic mass is 10.1. The average molecular weight is 406 g/mol. The predicted octanol–water partition coefficient (Wildman–Crippen LogP) is 4.08. The minimum absolute atomic E-state index is 0.169. The van der Waals surface area contributed by atoms with Gasteiger partial charge in [-0.2, -0.15) is 13.2 Å². The van der Waals surface area contributed by atoms with Crippen LogP contribution in [0.4, 0.5) is 18.9 Å². The third-order valence-corrected chi connectivity index (χ3v) is 3.85. The number of hydrogen-bond donors (Lipinski definition) is 2. The molecule has 0 saturated carbocycles. The molecule has 1 saturated heterocycles. The standard InChI is InChI=1S/C18H16F3NO.C4H9NO/c1-2-11-23-17-10-7-14(12-16(17)18(19,20)21)4-3-13-5-8-15(22)9-6-13;1-3-6-4-2-5-1/h5-10,12H,2,11,22H2,1H3;5H,1-4H2. The Hall–Kier alpha value is -2.69. The van der Waals surface area contributed by atoms with Gasteiger partial charge in [0.1, 0.15) is 5.75 Å². The zero-order valence-corrected chi connectivity index (χ0v) is 16.3. The zero-order valence-electron chi connectivity index (χ0n) is 16.3. The van der Waals surface area contributed by atoms with E-state index >= 15 is 0 Å². The van der Waals surface area contributed by atoms with E-state index in [1.807, 2.05) is 6.92 Å². The summed E-state index contributed by atoms with van der Waals surface area (Å²) in [6.45, 7) is 5.90. The van der Waals surface area contributed by atoms with E-state index in [1.54, 1.807) is 24.3 Å². The van der Waals surface area contributed by atoms with Crippen molar-refractivity contribution in [3.63, 3.8) is 0 Å². The van der Waals surface area contributed by atoms with Gasteiger partial charge in [-0.1, -0.05) is 18.8 Å². The van der Waals surface area contributed by atoms with E-state index in [-0.39, 0.29) is 17.9 Å². The summed E-state index contributed by atoms with van der Waals surface area (Å²) in [4.78, 5) is 0. The highest BCUT2D eigenvalue weighted by atomic mass is 19.4. The maximum absolute atomic E-state index is 13.1. The van der Waals surface area contributed by atoms with Gasteiger partial charge in [-0.25, -0.2) is 0 Å². The number of alkyl halides is 3. The molecule has 1 heterocycles. The second-order valence-corrected chi connectivity index (χ2v) is 6.29. The van der Waals surface area contributed by atoms with Crippen LogP contribution in [0.5, 0.6) is 5.75 Å². The summed E-state index contributed by atoms with van der Waals surface area (Å²) >= 11 is 0. The lowest BCUT2D eigenvalue weighted by Crippen LogP contribution is -2.30. The van der Waals surface area contributed by atoms with Crippen molar-refractivity contribution in [2.75, 3.05) is 38.6 Å². The molecule has 0 unspecified atom stereocenters. The van der Waals surface area contributed by atoms with Gasteiger partial charge in [-0.15, -0.1) is 0 Å². The van der Waals surface area contributed by atoms with Crippen molar-refractivity contribution in [3.8, 4) is 17.6 Å². The molecule has 0 aromatic heterocycles. The van der Waals surface area contributed by atoms with Crippen LogP contribution >= 0.6 is 0 Å². The van der Waals surface area contributed by atoms with Crippen molar-refractivity contribution in [2.45, 2.75) is 19.5 Å². The summed E-state index contributed by atoms with van der Waals surface area (Å²) in [7, 11) is 0. The number of nitrogens with two attached hydrogens (primary N) is 1. The minimum Gasteiger partial charge on any atom is -0.493 e. The molecule has 2 aromatic carbocycles. The Labute approximate surface area is 169 Å². The van der Waals surface area contributed by atoms with E-state index in [4.69, 9.17) is 15.2 Å². The molecule has 0 bridgehead atoms. The number of rotatable bonds is 3. The summed E-state index contributed by atoms with van der Waals surface area (Å²) in [6.07, 6.45) is -3.85. The second kappa shape index (κ2) is 11.3. The Balaban J connectivity index is 0.000000426. The third kappa shape index (κ3) is 8.06. The number of morpholine rings is 1. The van der Waals surface area contributed by atoms with E-state index < -0.39 is 11.7 Å². The fourth-order valence-corrected chi connectivity index (χ4v) is 2.39. The quantitative estimate of drug-likeness (QED) is 0.596. The molecule has 0 aliphatic carbocycles. The van der Waals surface area contributed by atoms with Crippen LogP contribution in [0.3, 0.4) is 0 Å². The van der Waals surface area contributed by atoms with Crippen molar-refractivity contribution >= 4 is 5.69 Å². The van der Waals surface area contributed by atoms with Crippen molar-refractivity contribution in [1.29, 1.82) is 0 Å². The van der Waals surface area contributed by atoms with Gasteiger partial charge in [0.05, 0.1) is 25.4 Å². The van der Waals surface area contributed by atoms with Gasteiger partial charge in [-0.3, -0.25) is 0 Å². The van der Waals surface area contributed by atoms with Gasteiger partial charge < -0.3 is 20.5 Å². The van der Waals surface area contributed by atoms with Crippen molar-refractivity contribution in [1.82, 2.24) is 5.32 Å². The zero-order chi connectivity index (χ0) is 21.1. The molecule has 1 aliphatic heterocycles. The van der Waals surface area contributed by atoms with Crippen LogP contribution in [0.15, 0.2) is 42.5 Å². The summed E-state index contributed by atoms with van der Waals surface area (Å²) in [6, 6.07) is 10.6. The molecule has 1 aliphatic rings. The Morgan fingerprint density at radius 2 is 1.66 bits per heavy atom. The highest BCUT2D eigenvalue weighted by Gasteiger charge is 2.34. The van der Waals surface area contributed by atoms with Gasteiger partial charge in [-0.05, 0) is 48.9 Å². The summed E-state index contributed by atoms with van der Waals surface area (Å²) < 4.78 is 49.5. The SMILES string of the molecule is C1COCCN1.CCCOc1ccc(C#Cc2ccc(N)cc2)cc1C(F)(F)F. The lowest BCUT2D eigenvalue weighted by molar-refractivity contribution is -0.139. The molecule has 0 amide bonds. The Bertz CT molecular complexity index is 809. The van der Waals surface area contributed by atoms with E-state index in [0.717, 1.165) is 32.4 Å². The highest BCUT2D eigenvalue weighted by Crippen LogP contribution is 2.36. The first-order valence-corrected chi connectivity index (χ1v) is 9.40. The van der Waals surface area contributed by atoms with Gasteiger partial charge in [0.25, 0.3) is 0 Å². The molecule has 0 radical (unpaired) electrons. The number of hydrogen-bond acceptors (Lipinski definition) is 4. The average Bonchev–Trinajstić information content (AvgIpc) is 2.73. The number of benzene rings is 2. The number of halogens is 3. The van der Waals surface area contributed by atoms with Gasteiger partial charge >= 0.3 is 6.18 Å². The monoisotopic (exact) mass is 406 g/mol. The van der Waals surface area contributed by atoms with Gasteiger partial charge in [0.15, 0.2) is 0 Å². The third-order valence-electron chi connectivity index (χ3n) is 3.85. The first kappa shape index (κ1) is 22.6. The summed E-state index contributed by atoms with van der Waals surface area (Å²) in [5.41, 5.74) is 6.32. The molecule has 156 valence electrons. The smallest absolute Gasteiger partial charge is 0.420 e. The first-order chi connectivity index (χ1) is 13.9. The van der Waals surface area contributed by atoms with Gasteiger partial charge in [0.2, 0.25) is 0 Å². The van der Waals surface area contributed by atoms with E-state index in [2.05, 4.69) is 17.2 Å². The lowest BCUT2D eigenvalue weighted by Gasteiger charge is -2.13. The maximum atomic E-state index is 13.1. The molecule has 0 spiro atoms. The van der Waals surface area contributed by atoms with Crippen LogP contribution in [-0.4, -0.2) is 32.9 Å². The molecule has 3 N–H and O–H groups in total. The molecule has 3 rings (SSSR count). The number of nitrogens with one attached hydrogen (secondary N) is 1. The fourth-order valence-electron chi connectivity index (χ4n) is 2.39. The Morgan fingerprint density at radius 1 is 1.03 bits per heavy atom. The molecular weight excluding hydrogens is 381 g/mol. The molecule has 0 atom stereocenters. The van der Waals surface area contributed by atoms with E-state index in [1.165, 1.54) is 12.1 Å². The maximum Gasteiger partial charge on any atom is 0.420 e. The van der Waals surface area contributed by atoms with E-state index in [9.17, 15) is 13.2 Å². The largest absolute Gasteiger partial charge is 0.493 e. The normalized spacial score (nSPS) is 13.5. The number of nitrogen functional groups attached to an aromatic ring is 1. The molecular formula is C22H25F3N2O2. The van der Waals surface area contributed by atoms with Crippen molar-refractivity contribution in [3.05, 3.63) is 59.2 Å². The highest BCUT2D eigenvalue weighted by molar-refractivity contribution is 5.50. The van der Waals surface area contributed by atoms with Gasteiger partial charge in [0, 0.05) is 29.9 Å². The molecule has 2 aromatic rings. The molecule has 4 nitrogen and oxygen atoms in total. The minimum atomic E-state index is -4.48. The molecule has 1 fully saturated rings. The van der Waals surface area contributed by atoms with Crippen LogP contribution in [-0.2, 0) is 10.9 Å². The second-order valence-electron chi connectivity index (χ2n) is 6.29. The summed E-state index contributed by atoms with van der Waals surface area (Å²) in [5.74, 6) is 5.38. The Kier molecular flexibility index (Phi) is 8.84. The fraction of sp³-hybridized carbons (Fsp3) is 0.364. The predicted molar refractivity (Wildman–Crippen MR) is 108 cm³/mol. The van der Waals surface area contributed by atoms with Crippen LogP contribution in [0.1, 0.15) is 30.0 Å². The molecule has 29 heavy (non-hydrogen) atoms. The van der Waals surface area contributed by atoms with Crippen LogP contribution in [0.25, 0.3) is 0 Å². The Morgan fingerprint density at radius 3 is 2.17 bits per heavy atom. The number of ether oxygens (including phenoxy) is 2. The van der Waals surface area contributed by atoms with Crippen LogP contribution < -0.4 is 15.8 Å². The number of anilines is 1. The van der Waals surface area contributed by atoms with Crippen molar-refractivity contribution in [2.24, 2.45) is 0 Å². The topological polar surface area (TPSA) is 56.5 Å². The van der Waals surface area contributed by atoms with Crippen molar-refractivity contribution < 1.29 is 22.6 Å². The van der Waals surface area contributed by atoms with Crippen LogP contribution in [0, 0.1) is 11.8 Å². The summed E-state index contributed by atoms with van der Waals surface area (Å²) in [5, 5.41) is 3.16.